The van der Waals surface area contributed by atoms with Crippen LogP contribution in [0.1, 0.15) is 13.3 Å². The van der Waals surface area contributed by atoms with Crippen molar-refractivity contribution >= 4 is 34.4 Å². The van der Waals surface area contributed by atoms with Crippen LogP contribution in [0.2, 0.25) is 0 Å². The molecule has 1 aliphatic rings. The summed E-state index contributed by atoms with van der Waals surface area (Å²) in [5.74, 6) is -0.431. The van der Waals surface area contributed by atoms with E-state index in [0.29, 0.717) is 35.4 Å². The molecule has 2 heterocycles. The largest absolute Gasteiger partial charge is 0.447 e. The molecule has 1 fully saturated rings. The van der Waals surface area contributed by atoms with Gasteiger partial charge in [-0.25, -0.2) is 13.9 Å². The van der Waals surface area contributed by atoms with Gasteiger partial charge in [0, 0.05) is 6.61 Å². The molecule has 0 saturated carbocycles. The molecule has 4 rings (SSSR count). The standard InChI is InChI=1S/C21H21FN4O4/c1-2-11-29-13-18(27)23-20-19-16(25-10-12-30-21(25)28)4-3-5-17(19)26(24-20)15-8-6-14(22)7-9-15/h3-9H,2,10-13H2,1H3,(H,23,24,27). The maximum Gasteiger partial charge on any atom is 0.414 e. The number of benzene rings is 2. The van der Waals surface area contributed by atoms with Crippen LogP contribution in [0.4, 0.5) is 20.7 Å². The molecule has 30 heavy (non-hydrogen) atoms. The molecule has 1 N–H and O–H groups in total. The average molecular weight is 412 g/mol. The number of rotatable bonds is 7. The third kappa shape index (κ3) is 3.84. The fourth-order valence-corrected chi connectivity index (χ4v) is 3.33. The van der Waals surface area contributed by atoms with Crippen LogP contribution in [0, 0.1) is 5.82 Å². The van der Waals surface area contributed by atoms with E-state index in [2.05, 4.69) is 10.4 Å². The van der Waals surface area contributed by atoms with Crippen molar-refractivity contribution in [2.45, 2.75) is 13.3 Å². The van der Waals surface area contributed by atoms with Gasteiger partial charge in [-0.15, -0.1) is 5.10 Å². The molecule has 0 unspecified atom stereocenters. The van der Waals surface area contributed by atoms with E-state index in [1.165, 1.54) is 17.0 Å². The van der Waals surface area contributed by atoms with Crippen molar-refractivity contribution in [2.24, 2.45) is 0 Å². The highest BCUT2D eigenvalue weighted by Crippen LogP contribution is 2.35. The van der Waals surface area contributed by atoms with Gasteiger partial charge in [-0.05, 0) is 42.8 Å². The smallest absolute Gasteiger partial charge is 0.414 e. The first-order valence-corrected chi connectivity index (χ1v) is 9.68. The second-order valence-corrected chi connectivity index (χ2v) is 6.77. The van der Waals surface area contributed by atoms with Crippen LogP contribution in [0.25, 0.3) is 16.6 Å². The Morgan fingerprint density at radius 1 is 1.27 bits per heavy atom. The highest BCUT2D eigenvalue weighted by atomic mass is 19.1. The molecule has 8 nitrogen and oxygen atoms in total. The minimum absolute atomic E-state index is 0.104. The summed E-state index contributed by atoms with van der Waals surface area (Å²) in [6, 6.07) is 11.2. The van der Waals surface area contributed by atoms with Crippen LogP contribution in [0.3, 0.4) is 0 Å². The van der Waals surface area contributed by atoms with E-state index in [0.717, 1.165) is 6.42 Å². The maximum absolute atomic E-state index is 13.4. The van der Waals surface area contributed by atoms with Crippen molar-refractivity contribution in [3.63, 3.8) is 0 Å². The number of ether oxygens (including phenoxy) is 2. The van der Waals surface area contributed by atoms with Crippen molar-refractivity contribution in [1.29, 1.82) is 0 Å². The number of nitrogens with one attached hydrogen (secondary N) is 1. The van der Waals surface area contributed by atoms with Crippen LogP contribution >= 0.6 is 0 Å². The zero-order valence-electron chi connectivity index (χ0n) is 16.4. The number of nitrogens with zero attached hydrogens (tertiary/aromatic N) is 3. The lowest BCUT2D eigenvalue weighted by molar-refractivity contribution is -0.120. The predicted octanol–water partition coefficient (Wildman–Crippen LogP) is 3.49. The molecular weight excluding hydrogens is 391 g/mol. The van der Waals surface area contributed by atoms with Gasteiger partial charge in [0.1, 0.15) is 19.0 Å². The summed E-state index contributed by atoms with van der Waals surface area (Å²) in [4.78, 5) is 26.0. The molecule has 0 aliphatic carbocycles. The SMILES string of the molecule is CCCOCC(=O)Nc1nn(-c2ccc(F)cc2)c2cccc(N3CCOC3=O)c12. The van der Waals surface area contributed by atoms with E-state index in [4.69, 9.17) is 9.47 Å². The number of hydrogen-bond donors (Lipinski definition) is 1. The summed E-state index contributed by atoms with van der Waals surface area (Å²) in [7, 11) is 0. The quantitative estimate of drug-likeness (QED) is 0.601. The Morgan fingerprint density at radius 3 is 2.77 bits per heavy atom. The molecule has 1 aliphatic heterocycles. The molecule has 0 atom stereocenters. The first-order valence-electron chi connectivity index (χ1n) is 9.68. The highest BCUT2D eigenvalue weighted by Gasteiger charge is 2.28. The van der Waals surface area contributed by atoms with Gasteiger partial charge in [0.15, 0.2) is 5.82 Å². The normalized spacial score (nSPS) is 13.7. The number of carbonyl (C=O) groups excluding carboxylic acids is 2. The molecular formula is C21H21FN4O4. The van der Waals surface area contributed by atoms with Crippen LogP contribution < -0.4 is 10.2 Å². The Bertz CT molecular complexity index is 1080. The third-order valence-electron chi connectivity index (χ3n) is 4.65. The lowest BCUT2D eigenvalue weighted by Gasteiger charge is -2.14. The summed E-state index contributed by atoms with van der Waals surface area (Å²) in [6.45, 7) is 3.01. The van der Waals surface area contributed by atoms with E-state index < -0.39 is 6.09 Å². The third-order valence-corrected chi connectivity index (χ3v) is 4.65. The summed E-state index contributed by atoms with van der Waals surface area (Å²) >= 11 is 0. The molecule has 2 amide bonds. The Labute approximate surface area is 172 Å². The monoisotopic (exact) mass is 412 g/mol. The summed E-state index contributed by atoms with van der Waals surface area (Å²) in [6.07, 6.45) is 0.344. The lowest BCUT2D eigenvalue weighted by Crippen LogP contribution is -2.24. The first-order chi connectivity index (χ1) is 14.6. The number of fused-ring (bicyclic) bond motifs is 1. The predicted molar refractivity (Wildman–Crippen MR) is 109 cm³/mol. The van der Waals surface area contributed by atoms with E-state index >= 15 is 0 Å². The molecule has 9 heteroatoms. The van der Waals surface area contributed by atoms with Gasteiger partial charge >= 0.3 is 6.09 Å². The fourth-order valence-electron chi connectivity index (χ4n) is 3.33. The number of aromatic nitrogens is 2. The van der Waals surface area contributed by atoms with Crippen LogP contribution in [-0.4, -0.2) is 48.1 Å². The Balaban J connectivity index is 1.80. The van der Waals surface area contributed by atoms with Crippen LogP contribution in [0.15, 0.2) is 42.5 Å². The van der Waals surface area contributed by atoms with Gasteiger partial charge in [-0.1, -0.05) is 13.0 Å². The van der Waals surface area contributed by atoms with Gasteiger partial charge in [-0.3, -0.25) is 9.69 Å². The van der Waals surface area contributed by atoms with Crippen LogP contribution in [-0.2, 0) is 14.3 Å². The number of halogens is 1. The molecule has 0 radical (unpaired) electrons. The maximum atomic E-state index is 13.4. The van der Waals surface area contributed by atoms with E-state index in [-0.39, 0.29) is 30.8 Å². The first kappa shape index (κ1) is 19.8. The number of amides is 2. The van der Waals surface area contributed by atoms with E-state index in [9.17, 15) is 14.0 Å². The van der Waals surface area contributed by atoms with Gasteiger partial charge in [0.2, 0.25) is 0 Å². The Hall–Kier alpha value is -3.46. The topological polar surface area (TPSA) is 85.7 Å². The Morgan fingerprint density at radius 2 is 2.07 bits per heavy atom. The highest BCUT2D eigenvalue weighted by molar-refractivity contribution is 6.10. The summed E-state index contributed by atoms with van der Waals surface area (Å²) in [5, 5.41) is 7.91. The fraction of sp³-hybridized carbons (Fsp3) is 0.286. The van der Waals surface area contributed by atoms with Crippen molar-refractivity contribution in [1.82, 2.24) is 9.78 Å². The number of hydrogen-bond acceptors (Lipinski definition) is 5. The molecule has 0 bridgehead atoms. The molecule has 2 aromatic carbocycles. The van der Waals surface area contributed by atoms with Gasteiger partial charge in [0.25, 0.3) is 5.91 Å². The van der Waals surface area contributed by atoms with Gasteiger partial charge < -0.3 is 14.8 Å². The lowest BCUT2D eigenvalue weighted by atomic mass is 10.2. The Kier molecular flexibility index (Phi) is 5.62. The minimum Gasteiger partial charge on any atom is -0.447 e. The summed E-state index contributed by atoms with van der Waals surface area (Å²) < 4.78 is 25.4. The zero-order valence-corrected chi connectivity index (χ0v) is 16.4. The van der Waals surface area contributed by atoms with Crippen molar-refractivity contribution < 1.29 is 23.5 Å². The van der Waals surface area contributed by atoms with Crippen molar-refractivity contribution in [3.05, 3.63) is 48.3 Å². The van der Waals surface area contributed by atoms with E-state index in [1.807, 2.05) is 13.0 Å². The zero-order chi connectivity index (χ0) is 21.1. The second kappa shape index (κ2) is 8.50. The van der Waals surface area contributed by atoms with Crippen molar-refractivity contribution in [3.8, 4) is 5.69 Å². The molecule has 3 aromatic rings. The van der Waals surface area contributed by atoms with Gasteiger partial charge in [-0.2, -0.15) is 0 Å². The number of carbonyl (C=O) groups is 2. The average Bonchev–Trinajstić information content (AvgIpc) is 3.33. The molecule has 156 valence electrons. The summed E-state index contributed by atoms with van der Waals surface area (Å²) in [5.41, 5.74) is 1.85. The van der Waals surface area contributed by atoms with Crippen molar-refractivity contribution in [2.75, 3.05) is 36.6 Å². The molecule has 1 aromatic heterocycles. The molecule has 0 spiro atoms. The molecule has 1 saturated heterocycles. The van der Waals surface area contributed by atoms with Gasteiger partial charge in [0.05, 0.1) is 28.8 Å². The van der Waals surface area contributed by atoms with Crippen LogP contribution in [0.5, 0.6) is 0 Å². The second-order valence-electron chi connectivity index (χ2n) is 6.77. The van der Waals surface area contributed by atoms with E-state index in [1.54, 1.807) is 28.9 Å². The number of anilines is 2. The minimum atomic E-state index is -0.458. The number of cyclic esters (lactones) is 1.